The number of oxazole rings is 1. The Kier molecular flexibility index (Phi) is 5.76. The number of furan rings is 1. The van der Waals surface area contributed by atoms with Gasteiger partial charge in [-0.05, 0) is 44.0 Å². The third-order valence-corrected chi connectivity index (χ3v) is 7.72. The van der Waals surface area contributed by atoms with E-state index in [-0.39, 0.29) is 35.4 Å². The van der Waals surface area contributed by atoms with Crippen LogP contribution in [0, 0.1) is 0 Å². The van der Waals surface area contributed by atoms with Gasteiger partial charge < -0.3 is 13.7 Å². The number of fused-ring (bicyclic) bond motifs is 1. The van der Waals surface area contributed by atoms with Crippen LogP contribution in [0.2, 0.25) is 0 Å². The Balaban J connectivity index is 1.51. The number of rotatable bonds is 7. The van der Waals surface area contributed by atoms with Crippen molar-refractivity contribution in [1.82, 2.24) is 13.8 Å². The highest BCUT2D eigenvalue weighted by molar-refractivity contribution is 7.89. The summed E-state index contributed by atoms with van der Waals surface area (Å²) < 4.78 is 39.0. The molecule has 0 N–H and O–H groups in total. The van der Waals surface area contributed by atoms with E-state index in [1.807, 2.05) is 6.92 Å². The molecule has 4 rings (SSSR count). The summed E-state index contributed by atoms with van der Waals surface area (Å²) in [7, 11) is -1.93. The van der Waals surface area contributed by atoms with Crippen LogP contribution in [0.25, 0.3) is 11.1 Å². The largest absolute Gasteiger partial charge is 0.467 e. The molecule has 0 spiro atoms. The van der Waals surface area contributed by atoms with Gasteiger partial charge in [0.25, 0.3) is 0 Å². The van der Waals surface area contributed by atoms with E-state index < -0.39 is 15.8 Å². The van der Waals surface area contributed by atoms with Gasteiger partial charge in [-0.15, -0.1) is 0 Å². The lowest BCUT2D eigenvalue weighted by Crippen LogP contribution is -2.31. The Morgan fingerprint density at radius 1 is 1.23 bits per heavy atom. The number of carbonyl (C=O) groups is 1. The van der Waals surface area contributed by atoms with Crippen LogP contribution in [0.5, 0.6) is 0 Å². The van der Waals surface area contributed by atoms with Crippen molar-refractivity contribution in [2.45, 2.75) is 43.7 Å². The van der Waals surface area contributed by atoms with E-state index in [9.17, 15) is 18.0 Å². The number of amides is 1. The Labute approximate surface area is 179 Å². The fourth-order valence-electron chi connectivity index (χ4n) is 3.82. The first-order valence-corrected chi connectivity index (χ1v) is 11.7. The van der Waals surface area contributed by atoms with Crippen LogP contribution < -0.4 is 5.76 Å². The molecule has 1 fully saturated rings. The number of aryl methyl sites for hydroxylation is 1. The zero-order valence-corrected chi connectivity index (χ0v) is 18.3. The number of sulfonamides is 1. The Morgan fingerprint density at radius 2 is 1.97 bits per heavy atom. The van der Waals surface area contributed by atoms with E-state index >= 15 is 0 Å². The van der Waals surface area contributed by atoms with Crippen LogP contribution in [-0.4, -0.2) is 48.2 Å². The Morgan fingerprint density at radius 3 is 2.65 bits per heavy atom. The lowest BCUT2D eigenvalue weighted by atomic mass is 10.2. The van der Waals surface area contributed by atoms with E-state index in [1.165, 1.54) is 21.0 Å². The molecule has 1 amide bonds. The van der Waals surface area contributed by atoms with Crippen molar-refractivity contribution in [3.8, 4) is 0 Å². The van der Waals surface area contributed by atoms with Gasteiger partial charge in [0, 0.05) is 39.2 Å². The molecule has 1 saturated heterocycles. The summed E-state index contributed by atoms with van der Waals surface area (Å²) in [6.45, 7) is 2.98. The summed E-state index contributed by atoms with van der Waals surface area (Å²) in [5.74, 6) is -0.104. The highest BCUT2D eigenvalue weighted by Gasteiger charge is 2.28. The Bertz CT molecular complexity index is 1240. The van der Waals surface area contributed by atoms with Gasteiger partial charge in [0.1, 0.15) is 5.76 Å². The molecular formula is C21H25N3O6S. The highest BCUT2D eigenvalue weighted by atomic mass is 32.2. The molecule has 9 nitrogen and oxygen atoms in total. The zero-order valence-electron chi connectivity index (χ0n) is 17.5. The van der Waals surface area contributed by atoms with Crippen LogP contribution in [0.4, 0.5) is 0 Å². The SMILES string of the molecule is CC(c1ccco1)N(C)C(=O)CCn1c(=O)oc2cc(S(=O)(=O)N3CCCC3)ccc21. The van der Waals surface area contributed by atoms with Crippen LogP contribution in [0.3, 0.4) is 0 Å². The van der Waals surface area contributed by atoms with E-state index in [1.54, 1.807) is 36.4 Å². The average Bonchev–Trinajstić information content (AvgIpc) is 3.51. The van der Waals surface area contributed by atoms with Gasteiger partial charge in [-0.3, -0.25) is 9.36 Å². The van der Waals surface area contributed by atoms with Gasteiger partial charge in [-0.25, -0.2) is 13.2 Å². The second kappa shape index (κ2) is 8.35. The number of hydrogen-bond acceptors (Lipinski definition) is 6. The topological polar surface area (TPSA) is 106 Å². The van der Waals surface area contributed by atoms with Gasteiger partial charge in [0.15, 0.2) is 5.58 Å². The molecular weight excluding hydrogens is 422 g/mol. The molecule has 0 saturated carbocycles. The van der Waals surface area contributed by atoms with Gasteiger partial charge >= 0.3 is 5.76 Å². The highest BCUT2D eigenvalue weighted by Crippen LogP contribution is 2.25. The monoisotopic (exact) mass is 447 g/mol. The van der Waals surface area contributed by atoms with Crippen molar-refractivity contribution in [2.24, 2.45) is 0 Å². The van der Waals surface area contributed by atoms with E-state index in [0.717, 1.165) is 12.8 Å². The smallest absolute Gasteiger partial charge is 0.419 e. The molecule has 1 atom stereocenters. The summed E-state index contributed by atoms with van der Waals surface area (Å²) >= 11 is 0. The summed E-state index contributed by atoms with van der Waals surface area (Å²) in [5, 5.41) is 0. The maximum Gasteiger partial charge on any atom is 0.419 e. The van der Waals surface area contributed by atoms with Crippen molar-refractivity contribution < 1.29 is 22.0 Å². The standard InChI is InChI=1S/C21H25N3O6S/c1-15(18-6-5-13-29-18)22(2)20(25)9-12-24-17-8-7-16(14-19(17)30-21(24)26)31(27,28)23-10-3-4-11-23/h5-8,13-15H,3-4,9-12H2,1-2H3. The molecule has 1 aliphatic heterocycles. The molecule has 31 heavy (non-hydrogen) atoms. The predicted octanol–water partition coefficient (Wildman–Crippen LogP) is 2.58. The van der Waals surface area contributed by atoms with Crippen LogP contribution in [0.1, 0.15) is 38.0 Å². The number of nitrogens with zero attached hydrogens (tertiary/aromatic N) is 3. The fourth-order valence-corrected chi connectivity index (χ4v) is 5.35. The van der Waals surface area contributed by atoms with Crippen LogP contribution in [0.15, 0.2) is 55.1 Å². The minimum atomic E-state index is -3.61. The molecule has 2 aromatic heterocycles. The first-order valence-electron chi connectivity index (χ1n) is 10.2. The molecule has 3 aromatic rings. The quantitative estimate of drug-likeness (QED) is 0.551. The number of aromatic nitrogens is 1. The predicted molar refractivity (Wildman–Crippen MR) is 113 cm³/mol. The maximum absolute atomic E-state index is 12.8. The van der Waals surface area contributed by atoms with Crippen molar-refractivity contribution in [2.75, 3.05) is 20.1 Å². The fraction of sp³-hybridized carbons (Fsp3) is 0.429. The molecule has 1 aromatic carbocycles. The van der Waals surface area contributed by atoms with Gasteiger partial charge in [0.2, 0.25) is 15.9 Å². The zero-order chi connectivity index (χ0) is 22.2. The lowest BCUT2D eigenvalue weighted by molar-refractivity contribution is -0.132. The average molecular weight is 448 g/mol. The molecule has 0 aliphatic carbocycles. The molecule has 0 radical (unpaired) electrons. The molecule has 166 valence electrons. The number of benzene rings is 1. The van der Waals surface area contributed by atoms with E-state index in [4.69, 9.17) is 8.83 Å². The van der Waals surface area contributed by atoms with Crippen molar-refractivity contribution in [3.63, 3.8) is 0 Å². The van der Waals surface area contributed by atoms with Gasteiger partial charge in [0.05, 0.1) is 22.7 Å². The van der Waals surface area contributed by atoms with E-state index in [2.05, 4.69) is 0 Å². The first-order chi connectivity index (χ1) is 14.8. The number of carbonyl (C=O) groups excluding carboxylic acids is 1. The normalized spacial score (nSPS) is 16.1. The summed E-state index contributed by atoms with van der Waals surface area (Å²) in [5.41, 5.74) is 0.648. The van der Waals surface area contributed by atoms with Gasteiger partial charge in [-0.2, -0.15) is 4.31 Å². The van der Waals surface area contributed by atoms with Gasteiger partial charge in [-0.1, -0.05) is 0 Å². The summed E-state index contributed by atoms with van der Waals surface area (Å²) in [6, 6.07) is 7.75. The van der Waals surface area contributed by atoms with Crippen molar-refractivity contribution >= 4 is 27.0 Å². The lowest BCUT2D eigenvalue weighted by Gasteiger charge is -2.23. The number of hydrogen-bond donors (Lipinski definition) is 0. The Hall–Kier alpha value is -2.85. The molecule has 3 heterocycles. The van der Waals surface area contributed by atoms with Crippen molar-refractivity contribution in [3.05, 3.63) is 52.9 Å². The molecule has 0 bridgehead atoms. The first kappa shape index (κ1) is 21.4. The van der Waals surface area contributed by atoms with Crippen molar-refractivity contribution in [1.29, 1.82) is 0 Å². The minimum absolute atomic E-state index is 0.0872. The summed E-state index contributed by atoms with van der Waals surface area (Å²) in [4.78, 5) is 26.6. The molecule has 1 unspecified atom stereocenters. The summed E-state index contributed by atoms with van der Waals surface area (Å²) in [6.07, 6.45) is 3.32. The second-order valence-corrected chi connectivity index (χ2v) is 9.64. The third kappa shape index (κ3) is 4.05. The second-order valence-electron chi connectivity index (χ2n) is 7.71. The minimum Gasteiger partial charge on any atom is -0.467 e. The third-order valence-electron chi connectivity index (χ3n) is 5.82. The van der Waals surface area contributed by atoms with Crippen LogP contribution >= 0.6 is 0 Å². The van der Waals surface area contributed by atoms with Crippen LogP contribution in [-0.2, 0) is 21.4 Å². The molecule has 1 aliphatic rings. The van der Waals surface area contributed by atoms with E-state index in [0.29, 0.717) is 24.4 Å². The molecule has 10 heteroatoms. The maximum atomic E-state index is 12.8.